The molecule has 0 spiro atoms. The van der Waals surface area contributed by atoms with Gasteiger partial charge in [0.05, 0.1) is 6.04 Å². The van der Waals surface area contributed by atoms with Crippen LogP contribution in [0.1, 0.15) is 48.0 Å². The van der Waals surface area contributed by atoms with Gasteiger partial charge in [0.25, 0.3) is 5.91 Å². The molecule has 2 aromatic rings. The first-order valence-corrected chi connectivity index (χ1v) is 9.10. The highest BCUT2D eigenvalue weighted by Crippen LogP contribution is 2.17. The zero-order chi connectivity index (χ0) is 18.7. The summed E-state index contributed by atoms with van der Waals surface area (Å²) < 4.78 is 5.15. The number of rotatable bonds is 6. The first kappa shape index (κ1) is 18.5. The van der Waals surface area contributed by atoms with Crippen LogP contribution in [0.25, 0.3) is 0 Å². The lowest BCUT2D eigenvalue weighted by atomic mass is 10.1. The number of halogens is 1. The minimum atomic E-state index is -0.310. The van der Waals surface area contributed by atoms with Crippen LogP contribution in [0.3, 0.4) is 0 Å². The van der Waals surface area contributed by atoms with Gasteiger partial charge >= 0.3 is 0 Å². The Balaban J connectivity index is 1.53. The lowest BCUT2D eigenvalue weighted by molar-refractivity contribution is -0.127. The summed E-state index contributed by atoms with van der Waals surface area (Å²) in [5.74, 6) is 0.565. The first-order chi connectivity index (χ1) is 12.4. The highest BCUT2D eigenvalue weighted by molar-refractivity contribution is 6.30. The lowest BCUT2D eigenvalue weighted by Gasteiger charge is -2.17. The summed E-state index contributed by atoms with van der Waals surface area (Å²) in [5.41, 5.74) is 1.33. The van der Waals surface area contributed by atoms with E-state index in [1.54, 1.807) is 11.0 Å². The summed E-state index contributed by atoms with van der Waals surface area (Å²) >= 11 is 5.99. The number of hydrogen-bond donors (Lipinski definition) is 1. The minimum Gasteiger partial charge on any atom is -0.360 e. The second-order valence-electron chi connectivity index (χ2n) is 6.86. The van der Waals surface area contributed by atoms with Crippen molar-refractivity contribution in [3.8, 4) is 0 Å². The average Bonchev–Trinajstić information content (AvgIpc) is 3.20. The highest BCUT2D eigenvalue weighted by Gasteiger charge is 2.31. The first-order valence-electron chi connectivity index (χ1n) is 8.72. The molecule has 1 aromatic heterocycles. The summed E-state index contributed by atoms with van der Waals surface area (Å²) in [6.07, 6.45) is 1.03. The molecule has 2 heterocycles. The molecule has 138 valence electrons. The predicted molar refractivity (Wildman–Crippen MR) is 98.2 cm³/mol. The van der Waals surface area contributed by atoms with Crippen molar-refractivity contribution in [2.75, 3.05) is 13.1 Å². The van der Waals surface area contributed by atoms with E-state index in [-0.39, 0.29) is 29.5 Å². The normalized spacial score (nSPS) is 17.2. The van der Waals surface area contributed by atoms with Gasteiger partial charge in [0.15, 0.2) is 5.69 Å². The fourth-order valence-electron chi connectivity index (χ4n) is 2.97. The van der Waals surface area contributed by atoms with Crippen molar-refractivity contribution in [1.29, 1.82) is 0 Å². The Labute approximate surface area is 157 Å². The Morgan fingerprint density at radius 1 is 1.42 bits per heavy atom. The standard InChI is InChI=1S/C19H22ClN3O3/c1-12(2)17-10-16(22-26-17)19(25)21-15-9-18(24)23(11-15)7-6-13-4-3-5-14(20)8-13/h3-5,8,10,12,15H,6-7,9,11H2,1-2H3,(H,21,25)/t15-/m1/s1. The quantitative estimate of drug-likeness (QED) is 0.842. The molecule has 0 bridgehead atoms. The molecule has 1 aliphatic rings. The van der Waals surface area contributed by atoms with Crippen molar-refractivity contribution in [2.24, 2.45) is 0 Å². The van der Waals surface area contributed by atoms with Gasteiger partial charge in [-0.05, 0) is 24.1 Å². The van der Waals surface area contributed by atoms with Crippen LogP contribution in [0.2, 0.25) is 5.02 Å². The van der Waals surface area contributed by atoms with Crippen LogP contribution in [-0.4, -0.2) is 41.0 Å². The third-order valence-corrected chi connectivity index (χ3v) is 4.67. The monoisotopic (exact) mass is 375 g/mol. The molecule has 0 aliphatic carbocycles. The van der Waals surface area contributed by atoms with Gasteiger partial charge in [-0.15, -0.1) is 0 Å². The van der Waals surface area contributed by atoms with E-state index < -0.39 is 0 Å². The highest BCUT2D eigenvalue weighted by atomic mass is 35.5. The fraction of sp³-hybridized carbons (Fsp3) is 0.421. The number of likely N-dealkylation sites (tertiary alicyclic amines) is 1. The number of benzene rings is 1. The third kappa shape index (κ3) is 4.43. The number of nitrogens with zero attached hydrogens (tertiary/aromatic N) is 2. The topological polar surface area (TPSA) is 75.4 Å². The zero-order valence-electron chi connectivity index (χ0n) is 14.9. The van der Waals surface area contributed by atoms with Crippen LogP contribution in [0.5, 0.6) is 0 Å². The maximum atomic E-state index is 12.3. The number of carbonyl (C=O) groups excluding carboxylic acids is 2. The van der Waals surface area contributed by atoms with Gasteiger partial charge in [-0.1, -0.05) is 42.7 Å². The smallest absolute Gasteiger partial charge is 0.273 e. The van der Waals surface area contributed by atoms with Gasteiger partial charge in [-0.2, -0.15) is 0 Å². The van der Waals surface area contributed by atoms with Crippen LogP contribution in [0, 0.1) is 0 Å². The molecule has 6 nitrogen and oxygen atoms in total. The number of nitrogens with one attached hydrogen (secondary N) is 1. The van der Waals surface area contributed by atoms with Gasteiger partial charge in [0, 0.05) is 36.5 Å². The van der Waals surface area contributed by atoms with Crippen LogP contribution < -0.4 is 5.32 Å². The molecule has 1 saturated heterocycles. The van der Waals surface area contributed by atoms with Crippen LogP contribution in [0.15, 0.2) is 34.9 Å². The van der Waals surface area contributed by atoms with E-state index >= 15 is 0 Å². The molecule has 0 saturated carbocycles. The average molecular weight is 376 g/mol. The van der Waals surface area contributed by atoms with Gasteiger partial charge in [0.2, 0.25) is 5.91 Å². The predicted octanol–water partition coefficient (Wildman–Crippen LogP) is 3.02. The molecule has 2 amide bonds. The number of carbonyl (C=O) groups is 2. The molecule has 1 atom stereocenters. The van der Waals surface area contributed by atoms with E-state index in [2.05, 4.69) is 10.5 Å². The van der Waals surface area contributed by atoms with Crippen LogP contribution in [0.4, 0.5) is 0 Å². The molecule has 1 fully saturated rings. The molecule has 1 aromatic carbocycles. The van der Waals surface area contributed by atoms with E-state index in [1.807, 2.05) is 38.1 Å². The third-order valence-electron chi connectivity index (χ3n) is 4.44. The summed E-state index contributed by atoms with van der Waals surface area (Å²) in [7, 11) is 0. The van der Waals surface area contributed by atoms with Crippen molar-refractivity contribution in [1.82, 2.24) is 15.4 Å². The number of hydrogen-bond acceptors (Lipinski definition) is 4. The largest absolute Gasteiger partial charge is 0.360 e. The van der Waals surface area contributed by atoms with Crippen molar-refractivity contribution < 1.29 is 14.1 Å². The van der Waals surface area contributed by atoms with Gasteiger partial charge < -0.3 is 14.7 Å². The maximum absolute atomic E-state index is 12.3. The Hall–Kier alpha value is -2.34. The second-order valence-corrected chi connectivity index (χ2v) is 7.30. The summed E-state index contributed by atoms with van der Waals surface area (Å²) in [4.78, 5) is 26.3. The van der Waals surface area contributed by atoms with Crippen molar-refractivity contribution >= 4 is 23.4 Å². The fourth-order valence-corrected chi connectivity index (χ4v) is 3.18. The maximum Gasteiger partial charge on any atom is 0.273 e. The number of aromatic nitrogens is 1. The van der Waals surface area contributed by atoms with Crippen molar-refractivity contribution in [3.63, 3.8) is 0 Å². The lowest BCUT2D eigenvalue weighted by Crippen LogP contribution is -2.37. The zero-order valence-corrected chi connectivity index (χ0v) is 15.6. The van der Waals surface area contributed by atoms with E-state index in [9.17, 15) is 9.59 Å². The molecular weight excluding hydrogens is 354 g/mol. The second kappa shape index (κ2) is 7.91. The summed E-state index contributed by atoms with van der Waals surface area (Å²) in [6, 6.07) is 9.05. The molecule has 26 heavy (non-hydrogen) atoms. The molecule has 1 N–H and O–H groups in total. The van der Waals surface area contributed by atoms with E-state index in [4.69, 9.17) is 16.1 Å². The molecule has 1 aliphatic heterocycles. The van der Waals surface area contributed by atoms with E-state index in [0.717, 1.165) is 12.0 Å². The van der Waals surface area contributed by atoms with Crippen molar-refractivity contribution in [2.45, 2.75) is 38.6 Å². The van der Waals surface area contributed by atoms with E-state index in [0.29, 0.717) is 30.3 Å². The number of amides is 2. The van der Waals surface area contributed by atoms with Crippen LogP contribution in [-0.2, 0) is 11.2 Å². The molecule has 0 unspecified atom stereocenters. The Morgan fingerprint density at radius 3 is 2.92 bits per heavy atom. The molecular formula is C19H22ClN3O3. The van der Waals surface area contributed by atoms with Gasteiger partial charge in [-0.3, -0.25) is 9.59 Å². The molecule has 7 heteroatoms. The Bertz CT molecular complexity index is 803. The molecule has 0 radical (unpaired) electrons. The minimum absolute atomic E-state index is 0.0420. The summed E-state index contributed by atoms with van der Waals surface area (Å²) in [6.45, 7) is 5.04. The molecule has 3 rings (SSSR count). The Morgan fingerprint density at radius 2 is 2.23 bits per heavy atom. The van der Waals surface area contributed by atoms with E-state index in [1.165, 1.54) is 0 Å². The SMILES string of the molecule is CC(C)c1cc(C(=O)N[C@@H]2CC(=O)N(CCc3cccc(Cl)c3)C2)no1. The van der Waals surface area contributed by atoms with Gasteiger partial charge in [-0.25, -0.2) is 0 Å². The van der Waals surface area contributed by atoms with Gasteiger partial charge in [0.1, 0.15) is 5.76 Å². The van der Waals surface area contributed by atoms with Crippen molar-refractivity contribution in [3.05, 3.63) is 52.4 Å². The Kier molecular flexibility index (Phi) is 5.61. The van der Waals surface area contributed by atoms with Crippen LogP contribution >= 0.6 is 11.6 Å². The summed E-state index contributed by atoms with van der Waals surface area (Å²) in [5, 5.41) is 7.36.